The molecule has 1 atom stereocenters. The Morgan fingerprint density at radius 2 is 1.82 bits per heavy atom. The van der Waals surface area contributed by atoms with Gasteiger partial charge in [0.15, 0.2) is 10.9 Å². The Kier molecular flexibility index (Phi) is 8.27. The van der Waals surface area contributed by atoms with E-state index in [2.05, 4.69) is 16.9 Å². The third-order valence-corrected chi connectivity index (χ3v) is 8.16. The van der Waals surface area contributed by atoms with Crippen LogP contribution in [0.15, 0.2) is 35.6 Å². The van der Waals surface area contributed by atoms with Gasteiger partial charge in [0.05, 0.1) is 46.1 Å². The molecule has 0 bridgehead atoms. The summed E-state index contributed by atoms with van der Waals surface area (Å²) in [6.07, 6.45) is 1.85. The van der Waals surface area contributed by atoms with Gasteiger partial charge in [-0.15, -0.1) is 11.3 Å². The summed E-state index contributed by atoms with van der Waals surface area (Å²) >= 11 is 2.18. The summed E-state index contributed by atoms with van der Waals surface area (Å²) in [6, 6.07) is 6.10. The van der Waals surface area contributed by atoms with Gasteiger partial charge < -0.3 is 14.6 Å². The minimum atomic E-state index is -0.993. The maximum atomic E-state index is 13.8. The molecule has 11 heteroatoms. The number of hydrogen-bond donors (Lipinski definition) is 1. The fourth-order valence-corrected chi connectivity index (χ4v) is 6.06. The van der Waals surface area contributed by atoms with E-state index in [1.165, 1.54) is 16.2 Å². The Morgan fingerprint density at radius 1 is 1.08 bits per heavy atom. The summed E-state index contributed by atoms with van der Waals surface area (Å²) in [5.41, 5.74) is 1.40. The zero-order valence-corrected chi connectivity index (χ0v) is 23.5. The number of thiazole rings is 2. The fraction of sp³-hybridized carbons (Fsp3) is 0.370. The zero-order chi connectivity index (χ0) is 27.6. The second-order valence-corrected chi connectivity index (χ2v) is 10.9. The first-order valence-electron chi connectivity index (χ1n) is 12.3. The lowest BCUT2D eigenvalue weighted by atomic mass is 9.95. The summed E-state index contributed by atoms with van der Waals surface area (Å²) in [5, 5.41) is 11.9. The molecule has 0 spiro atoms. The van der Waals surface area contributed by atoms with E-state index in [1.807, 2.05) is 0 Å². The normalized spacial score (nSPS) is 15.3. The van der Waals surface area contributed by atoms with Crippen molar-refractivity contribution in [3.05, 3.63) is 67.3 Å². The van der Waals surface area contributed by atoms with E-state index in [4.69, 9.17) is 9.47 Å². The number of Topliss-reactive ketones (excluding diaryl/α,β-unsaturated/α-hetero) is 1. The van der Waals surface area contributed by atoms with Crippen LogP contribution in [0.5, 0.6) is 5.75 Å². The Morgan fingerprint density at radius 3 is 2.47 bits per heavy atom. The van der Waals surface area contributed by atoms with Crippen molar-refractivity contribution in [3.63, 3.8) is 0 Å². The second kappa shape index (κ2) is 11.4. The SMILES string of the molecule is CCCCOc1cccc(C2C(C(=O)c3sc(C)nc3C)=C(O)C(=O)N2c2nc(C)c(C(=O)OCC)s2)c1. The van der Waals surface area contributed by atoms with Gasteiger partial charge in [-0.25, -0.2) is 14.8 Å². The number of esters is 1. The number of aryl methyl sites for hydroxylation is 3. The van der Waals surface area contributed by atoms with Crippen molar-refractivity contribution in [2.75, 3.05) is 18.1 Å². The number of aliphatic hydroxyl groups is 1. The lowest BCUT2D eigenvalue weighted by molar-refractivity contribution is -0.117. The number of unbranched alkanes of at least 4 members (excludes halogenated alkanes) is 1. The lowest BCUT2D eigenvalue weighted by Gasteiger charge is -2.25. The third kappa shape index (κ3) is 5.21. The molecule has 1 aliphatic rings. The monoisotopic (exact) mass is 555 g/mol. The Bertz CT molecular complexity index is 1420. The highest BCUT2D eigenvalue weighted by Crippen LogP contribution is 2.45. The first kappa shape index (κ1) is 27.5. The Balaban J connectivity index is 1.84. The van der Waals surface area contributed by atoms with Crippen LogP contribution >= 0.6 is 22.7 Å². The van der Waals surface area contributed by atoms with Crippen molar-refractivity contribution in [2.45, 2.75) is 53.5 Å². The van der Waals surface area contributed by atoms with E-state index in [-0.39, 0.29) is 22.2 Å². The predicted octanol–water partition coefficient (Wildman–Crippen LogP) is 5.66. The molecule has 200 valence electrons. The number of carbonyl (C=O) groups excluding carboxylic acids is 3. The standard InChI is InChI=1S/C27H29N3O6S2/c1-6-8-12-36-18-11-9-10-17(13-18)20-19(21(31)23-14(3)28-16(5)37-23)22(32)25(33)30(20)27-29-15(4)24(38-27)26(34)35-7-2/h9-11,13,20,32H,6-8,12H2,1-5H3. The van der Waals surface area contributed by atoms with Gasteiger partial charge in [0.25, 0.3) is 5.91 Å². The maximum absolute atomic E-state index is 13.8. The first-order chi connectivity index (χ1) is 18.2. The topological polar surface area (TPSA) is 119 Å². The summed E-state index contributed by atoms with van der Waals surface area (Å²) in [4.78, 5) is 50.5. The van der Waals surface area contributed by atoms with Crippen molar-refractivity contribution < 1.29 is 29.0 Å². The van der Waals surface area contributed by atoms with Crippen LogP contribution in [0.4, 0.5) is 5.13 Å². The van der Waals surface area contributed by atoms with E-state index < -0.39 is 29.5 Å². The number of carbonyl (C=O) groups is 3. The fourth-order valence-electron chi connectivity index (χ4n) is 4.19. The van der Waals surface area contributed by atoms with Crippen LogP contribution < -0.4 is 9.64 Å². The van der Waals surface area contributed by atoms with Crippen LogP contribution in [-0.4, -0.2) is 45.9 Å². The summed E-state index contributed by atoms with van der Waals surface area (Å²) in [5.74, 6) is -1.89. The molecule has 1 aliphatic heterocycles. The zero-order valence-electron chi connectivity index (χ0n) is 21.9. The Labute approximate surface area is 228 Å². The van der Waals surface area contributed by atoms with Crippen molar-refractivity contribution in [1.29, 1.82) is 0 Å². The second-order valence-electron chi connectivity index (χ2n) is 8.72. The largest absolute Gasteiger partial charge is 0.503 e. The van der Waals surface area contributed by atoms with E-state index >= 15 is 0 Å². The van der Waals surface area contributed by atoms with E-state index in [9.17, 15) is 19.5 Å². The third-order valence-electron chi connectivity index (χ3n) is 5.96. The molecule has 3 aromatic rings. The minimum absolute atomic E-state index is 0.0713. The van der Waals surface area contributed by atoms with E-state index in [0.29, 0.717) is 39.2 Å². The number of benzene rings is 1. The molecule has 1 aromatic carbocycles. The van der Waals surface area contributed by atoms with Crippen LogP contribution in [0.1, 0.15) is 74.0 Å². The molecule has 0 saturated heterocycles. The number of nitrogens with zero attached hydrogens (tertiary/aromatic N) is 3. The predicted molar refractivity (Wildman–Crippen MR) is 145 cm³/mol. The van der Waals surface area contributed by atoms with Gasteiger partial charge in [-0.1, -0.05) is 36.8 Å². The number of aromatic nitrogens is 2. The van der Waals surface area contributed by atoms with Gasteiger partial charge in [0, 0.05) is 0 Å². The number of aliphatic hydroxyl groups excluding tert-OH is 1. The molecular formula is C27H29N3O6S2. The van der Waals surface area contributed by atoms with Crippen LogP contribution in [-0.2, 0) is 9.53 Å². The molecule has 1 N–H and O–H groups in total. The summed E-state index contributed by atoms with van der Waals surface area (Å²) in [7, 11) is 0. The van der Waals surface area contributed by atoms with Crippen molar-refractivity contribution in [3.8, 4) is 5.75 Å². The van der Waals surface area contributed by atoms with Crippen molar-refractivity contribution in [1.82, 2.24) is 9.97 Å². The molecule has 9 nitrogen and oxygen atoms in total. The molecular weight excluding hydrogens is 526 g/mol. The number of rotatable bonds is 10. The van der Waals surface area contributed by atoms with Crippen molar-refractivity contribution in [2.24, 2.45) is 0 Å². The van der Waals surface area contributed by atoms with Gasteiger partial charge in [-0.2, -0.15) is 0 Å². The molecule has 1 amide bonds. The number of anilines is 1. The van der Waals surface area contributed by atoms with Gasteiger partial charge in [0.1, 0.15) is 10.6 Å². The average Bonchev–Trinajstić information content (AvgIpc) is 3.51. The van der Waals surface area contributed by atoms with Gasteiger partial charge in [-0.3, -0.25) is 14.5 Å². The number of hydrogen-bond acceptors (Lipinski definition) is 10. The molecule has 4 rings (SSSR count). The first-order valence-corrected chi connectivity index (χ1v) is 13.9. The van der Waals surface area contributed by atoms with E-state index in [0.717, 1.165) is 24.2 Å². The van der Waals surface area contributed by atoms with Crippen LogP contribution in [0.2, 0.25) is 0 Å². The van der Waals surface area contributed by atoms with E-state index in [1.54, 1.807) is 52.0 Å². The molecule has 3 heterocycles. The quantitative estimate of drug-likeness (QED) is 0.193. The highest BCUT2D eigenvalue weighted by molar-refractivity contribution is 7.17. The summed E-state index contributed by atoms with van der Waals surface area (Å²) in [6.45, 7) is 9.64. The van der Waals surface area contributed by atoms with Crippen LogP contribution in [0.25, 0.3) is 0 Å². The molecule has 0 fully saturated rings. The molecule has 0 radical (unpaired) electrons. The average molecular weight is 556 g/mol. The number of ketones is 1. The molecule has 0 aliphatic carbocycles. The van der Waals surface area contributed by atoms with Crippen LogP contribution in [0.3, 0.4) is 0 Å². The highest BCUT2D eigenvalue weighted by atomic mass is 32.1. The molecule has 2 aromatic heterocycles. The molecule has 0 saturated carbocycles. The van der Waals surface area contributed by atoms with Crippen molar-refractivity contribution >= 4 is 45.5 Å². The Hall–Kier alpha value is -3.57. The lowest BCUT2D eigenvalue weighted by Crippen LogP contribution is -2.31. The number of ether oxygens (including phenoxy) is 2. The number of amides is 1. The van der Waals surface area contributed by atoms with Gasteiger partial charge in [-0.05, 0) is 51.8 Å². The van der Waals surface area contributed by atoms with Crippen LogP contribution in [0, 0.1) is 20.8 Å². The van der Waals surface area contributed by atoms with Gasteiger partial charge in [0.2, 0.25) is 5.78 Å². The maximum Gasteiger partial charge on any atom is 0.350 e. The summed E-state index contributed by atoms with van der Waals surface area (Å²) < 4.78 is 11.0. The highest BCUT2D eigenvalue weighted by Gasteiger charge is 2.47. The smallest absolute Gasteiger partial charge is 0.350 e. The molecule has 38 heavy (non-hydrogen) atoms. The van der Waals surface area contributed by atoms with Gasteiger partial charge >= 0.3 is 5.97 Å². The molecule has 1 unspecified atom stereocenters. The minimum Gasteiger partial charge on any atom is -0.503 e.